The van der Waals surface area contributed by atoms with Crippen molar-refractivity contribution in [1.29, 1.82) is 0 Å². The molecule has 7 nitrogen and oxygen atoms in total. The van der Waals surface area contributed by atoms with Gasteiger partial charge in [0.25, 0.3) is 5.91 Å². The maximum Gasteiger partial charge on any atom is 0.251 e. The summed E-state index contributed by atoms with van der Waals surface area (Å²) in [6.45, 7) is 2.03. The lowest BCUT2D eigenvalue weighted by molar-refractivity contribution is -0.116. The molecular weight excluding hydrogens is 354 g/mol. The molecule has 2 amide bonds. The minimum atomic E-state index is -2.98. The first-order chi connectivity index (χ1) is 12.3. The summed E-state index contributed by atoms with van der Waals surface area (Å²) in [5, 5.41) is 5.87. The Kier molecular flexibility index (Phi) is 5.62. The predicted molar refractivity (Wildman–Crippen MR) is 100 cm³/mol. The Morgan fingerprint density at radius 2 is 2.15 bits per heavy atom. The van der Waals surface area contributed by atoms with E-state index in [0.29, 0.717) is 31.5 Å². The molecule has 26 heavy (non-hydrogen) atoms. The summed E-state index contributed by atoms with van der Waals surface area (Å²) in [4.78, 5) is 26.1. The van der Waals surface area contributed by atoms with E-state index in [0.717, 1.165) is 30.6 Å². The highest BCUT2D eigenvalue weighted by Crippen LogP contribution is 2.23. The summed E-state index contributed by atoms with van der Waals surface area (Å²) >= 11 is 0. The Morgan fingerprint density at radius 3 is 2.92 bits per heavy atom. The smallest absolute Gasteiger partial charge is 0.251 e. The number of aryl methyl sites for hydroxylation is 1. The Hall–Kier alpha value is -1.93. The second kappa shape index (κ2) is 7.75. The third kappa shape index (κ3) is 5.04. The summed E-state index contributed by atoms with van der Waals surface area (Å²) in [7, 11) is -2.98. The van der Waals surface area contributed by atoms with E-state index >= 15 is 0 Å². The molecule has 2 N–H and O–H groups in total. The molecule has 2 aliphatic rings. The van der Waals surface area contributed by atoms with E-state index in [2.05, 4.69) is 15.5 Å². The van der Waals surface area contributed by atoms with Gasteiger partial charge in [0.1, 0.15) is 9.84 Å². The molecule has 1 unspecified atom stereocenters. The second-order valence-corrected chi connectivity index (χ2v) is 9.42. The largest absolute Gasteiger partial charge is 0.348 e. The van der Waals surface area contributed by atoms with Crippen LogP contribution in [0.15, 0.2) is 18.2 Å². The van der Waals surface area contributed by atoms with Crippen LogP contribution in [0.5, 0.6) is 0 Å². The number of rotatable bonds is 5. The fourth-order valence-corrected chi connectivity index (χ4v) is 4.05. The highest BCUT2D eigenvalue weighted by molar-refractivity contribution is 7.90. The average Bonchev–Trinajstić information content (AvgIpc) is 2.59. The molecule has 2 aliphatic heterocycles. The van der Waals surface area contributed by atoms with Crippen molar-refractivity contribution in [3.8, 4) is 0 Å². The van der Waals surface area contributed by atoms with Crippen LogP contribution in [0.25, 0.3) is 0 Å². The summed E-state index contributed by atoms with van der Waals surface area (Å²) in [6.07, 6.45) is 4.16. The zero-order chi connectivity index (χ0) is 18.7. The van der Waals surface area contributed by atoms with Gasteiger partial charge in [-0.05, 0) is 49.6 Å². The fraction of sp³-hybridized carbons (Fsp3) is 0.556. The van der Waals surface area contributed by atoms with Crippen molar-refractivity contribution in [1.82, 2.24) is 10.2 Å². The maximum atomic E-state index is 12.6. The Balaban J connectivity index is 1.58. The Labute approximate surface area is 154 Å². The van der Waals surface area contributed by atoms with Crippen molar-refractivity contribution >= 4 is 27.3 Å². The van der Waals surface area contributed by atoms with Crippen molar-refractivity contribution in [2.45, 2.75) is 31.7 Å². The van der Waals surface area contributed by atoms with Crippen LogP contribution in [0, 0.1) is 0 Å². The number of amides is 2. The van der Waals surface area contributed by atoms with Gasteiger partial charge in [0.2, 0.25) is 5.91 Å². The molecule has 0 saturated carbocycles. The monoisotopic (exact) mass is 379 g/mol. The van der Waals surface area contributed by atoms with E-state index < -0.39 is 9.84 Å². The van der Waals surface area contributed by atoms with Crippen molar-refractivity contribution in [2.24, 2.45) is 0 Å². The number of benzene rings is 1. The van der Waals surface area contributed by atoms with Crippen molar-refractivity contribution in [2.75, 3.05) is 37.0 Å². The fourth-order valence-electron chi connectivity index (χ4n) is 3.46. The normalized spacial score (nSPS) is 21.0. The topological polar surface area (TPSA) is 95.6 Å². The molecule has 1 aromatic carbocycles. The van der Waals surface area contributed by atoms with Crippen LogP contribution in [0.1, 0.15) is 35.2 Å². The van der Waals surface area contributed by atoms with Crippen LogP contribution >= 0.6 is 0 Å². The summed E-state index contributed by atoms with van der Waals surface area (Å²) in [5.74, 6) is 0.0234. The number of sulfone groups is 1. The first-order valence-electron chi connectivity index (χ1n) is 8.94. The molecular formula is C18H25N3O4S. The predicted octanol–water partition coefficient (Wildman–Crippen LogP) is 0.810. The minimum absolute atomic E-state index is 0.00564. The van der Waals surface area contributed by atoms with Gasteiger partial charge in [0, 0.05) is 43.1 Å². The zero-order valence-electron chi connectivity index (χ0n) is 15.0. The molecule has 8 heteroatoms. The summed E-state index contributed by atoms with van der Waals surface area (Å²) in [6, 6.07) is 5.37. The molecule has 0 bridgehead atoms. The van der Waals surface area contributed by atoms with Gasteiger partial charge in [-0.2, -0.15) is 0 Å². The number of fused-ring (bicyclic) bond motifs is 1. The number of hydrogen-bond donors (Lipinski definition) is 2. The van der Waals surface area contributed by atoms with Crippen molar-refractivity contribution in [3.05, 3.63) is 29.3 Å². The number of carbonyl (C=O) groups excluding carboxylic acids is 2. The van der Waals surface area contributed by atoms with Crippen LogP contribution in [-0.4, -0.2) is 62.8 Å². The van der Waals surface area contributed by atoms with Gasteiger partial charge in [0.05, 0.1) is 5.75 Å². The van der Waals surface area contributed by atoms with Gasteiger partial charge in [-0.15, -0.1) is 0 Å². The van der Waals surface area contributed by atoms with Gasteiger partial charge < -0.3 is 15.5 Å². The van der Waals surface area contributed by atoms with E-state index in [1.165, 1.54) is 6.26 Å². The molecule has 1 aromatic rings. The first kappa shape index (κ1) is 18.8. The molecule has 0 radical (unpaired) electrons. The summed E-state index contributed by atoms with van der Waals surface area (Å²) in [5.41, 5.74) is 2.35. The SMILES string of the molecule is CS(=O)(=O)CCN1CCCC(NC(=O)c2ccc3c(c2)CCC(=O)N3)C1. The lowest BCUT2D eigenvalue weighted by Gasteiger charge is -2.33. The molecule has 0 spiro atoms. The van der Waals surface area contributed by atoms with E-state index in [-0.39, 0.29) is 23.6 Å². The zero-order valence-corrected chi connectivity index (χ0v) is 15.8. The molecule has 142 valence electrons. The number of piperidine rings is 1. The van der Waals surface area contributed by atoms with Crippen LogP contribution < -0.4 is 10.6 Å². The van der Waals surface area contributed by atoms with Crippen LogP contribution in [0.4, 0.5) is 5.69 Å². The second-order valence-electron chi connectivity index (χ2n) is 7.16. The number of anilines is 1. The quantitative estimate of drug-likeness (QED) is 0.789. The number of nitrogens with one attached hydrogen (secondary N) is 2. The lowest BCUT2D eigenvalue weighted by Crippen LogP contribution is -2.48. The van der Waals surface area contributed by atoms with Crippen molar-refractivity contribution < 1.29 is 18.0 Å². The molecule has 0 aromatic heterocycles. The third-order valence-electron chi connectivity index (χ3n) is 4.88. The third-order valence-corrected chi connectivity index (χ3v) is 5.81. The van der Waals surface area contributed by atoms with E-state index in [1.807, 2.05) is 6.07 Å². The van der Waals surface area contributed by atoms with Crippen molar-refractivity contribution in [3.63, 3.8) is 0 Å². The highest BCUT2D eigenvalue weighted by atomic mass is 32.2. The minimum Gasteiger partial charge on any atom is -0.348 e. The van der Waals surface area contributed by atoms with E-state index in [9.17, 15) is 18.0 Å². The maximum absolute atomic E-state index is 12.6. The van der Waals surface area contributed by atoms with Crippen LogP contribution in [0.3, 0.4) is 0 Å². The Bertz CT molecular complexity index is 807. The molecule has 1 atom stereocenters. The molecule has 1 saturated heterocycles. The number of carbonyl (C=O) groups is 2. The van der Waals surface area contributed by atoms with E-state index in [1.54, 1.807) is 12.1 Å². The molecule has 0 aliphatic carbocycles. The first-order valence-corrected chi connectivity index (χ1v) is 11.0. The summed E-state index contributed by atoms with van der Waals surface area (Å²) < 4.78 is 22.7. The number of likely N-dealkylation sites (tertiary alicyclic amines) is 1. The standard InChI is InChI=1S/C18H25N3O4S/c1-26(24,25)10-9-21-8-2-3-15(12-21)19-18(23)14-4-6-16-13(11-14)5-7-17(22)20-16/h4,6,11,15H,2-3,5,7-10,12H2,1H3,(H,19,23)(H,20,22). The molecule has 1 fully saturated rings. The lowest BCUT2D eigenvalue weighted by atomic mass is 9.99. The average molecular weight is 379 g/mol. The van der Waals surface area contributed by atoms with E-state index in [4.69, 9.17) is 0 Å². The number of nitrogens with zero attached hydrogens (tertiary/aromatic N) is 1. The van der Waals surface area contributed by atoms with Gasteiger partial charge in [-0.3, -0.25) is 9.59 Å². The van der Waals surface area contributed by atoms with Crippen LogP contribution in [-0.2, 0) is 21.1 Å². The Morgan fingerprint density at radius 1 is 1.35 bits per heavy atom. The highest BCUT2D eigenvalue weighted by Gasteiger charge is 2.23. The van der Waals surface area contributed by atoms with Gasteiger partial charge in [0.15, 0.2) is 0 Å². The molecule has 2 heterocycles. The van der Waals surface area contributed by atoms with Gasteiger partial charge >= 0.3 is 0 Å². The molecule has 3 rings (SSSR count). The van der Waals surface area contributed by atoms with Gasteiger partial charge in [-0.25, -0.2) is 8.42 Å². The number of hydrogen-bond acceptors (Lipinski definition) is 5. The van der Waals surface area contributed by atoms with Crippen LogP contribution in [0.2, 0.25) is 0 Å². The van der Waals surface area contributed by atoms with Gasteiger partial charge in [-0.1, -0.05) is 0 Å².